The van der Waals surface area contributed by atoms with Gasteiger partial charge in [-0.3, -0.25) is 9.59 Å². The van der Waals surface area contributed by atoms with Crippen LogP contribution in [0.5, 0.6) is 0 Å². The Kier molecular flexibility index (Phi) is 33.3. The molecule has 0 aromatic carbocycles. The molecular formula is C39H77NO5. The fraction of sp³-hybridized carbons (Fsp3) is 0.949. The standard InChI is InChI=1S/C39H77NO5/c1-5-8-11-13-14-17-21-28-37(45-39(43)31-24-32-40(4)33-25-34-41)29-22-18-15-16-19-23-30-38(42)44-35-36(26-10-7-3)27-20-12-9-6-2/h36-37,41H,5-35H2,1-4H3. The molecule has 0 saturated carbocycles. The molecule has 1 N–H and O–H groups in total. The molecule has 2 atom stereocenters. The van der Waals surface area contributed by atoms with E-state index in [-0.39, 0.29) is 24.6 Å². The third-order valence-corrected chi connectivity index (χ3v) is 9.12. The van der Waals surface area contributed by atoms with Gasteiger partial charge in [-0.1, -0.05) is 124 Å². The van der Waals surface area contributed by atoms with Crippen LogP contribution in [0.4, 0.5) is 0 Å². The van der Waals surface area contributed by atoms with E-state index < -0.39 is 0 Å². The van der Waals surface area contributed by atoms with Crippen LogP contribution in [0, 0.1) is 5.92 Å². The van der Waals surface area contributed by atoms with E-state index in [0.717, 1.165) is 77.3 Å². The normalized spacial score (nSPS) is 12.8. The predicted octanol–water partition coefficient (Wildman–Crippen LogP) is 10.6. The zero-order valence-corrected chi connectivity index (χ0v) is 30.6. The maximum absolute atomic E-state index is 12.6. The molecule has 0 amide bonds. The topological polar surface area (TPSA) is 76.1 Å². The number of aliphatic hydroxyl groups is 1. The molecule has 0 rings (SSSR count). The average molecular weight is 640 g/mol. The summed E-state index contributed by atoms with van der Waals surface area (Å²) in [6.07, 6.45) is 30.0. The first-order valence-electron chi connectivity index (χ1n) is 19.6. The Labute approximate surface area is 280 Å². The Hall–Kier alpha value is -1.14. The number of hydrogen-bond donors (Lipinski definition) is 1. The van der Waals surface area contributed by atoms with Gasteiger partial charge in [-0.05, 0) is 77.3 Å². The molecule has 0 saturated heterocycles. The first-order valence-corrected chi connectivity index (χ1v) is 19.6. The highest BCUT2D eigenvalue weighted by molar-refractivity contribution is 5.69. The van der Waals surface area contributed by atoms with E-state index >= 15 is 0 Å². The maximum Gasteiger partial charge on any atom is 0.306 e. The first-order chi connectivity index (χ1) is 22.0. The monoisotopic (exact) mass is 640 g/mol. The van der Waals surface area contributed by atoms with Gasteiger partial charge in [0.1, 0.15) is 6.10 Å². The third kappa shape index (κ3) is 31.2. The van der Waals surface area contributed by atoms with Gasteiger partial charge >= 0.3 is 11.9 Å². The molecule has 0 aliphatic carbocycles. The highest BCUT2D eigenvalue weighted by Gasteiger charge is 2.15. The summed E-state index contributed by atoms with van der Waals surface area (Å²) in [4.78, 5) is 27.1. The molecule has 0 bridgehead atoms. The van der Waals surface area contributed by atoms with Crippen LogP contribution in [0.1, 0.15) is 194 Å². The predicted molar refractivity (Wildman–Crippen MR) is 191 cm³/mol. The lowest BCUT2D eigenvalue weighted by atomic mass is 9.96. The number of carbonyl (C=O) groups is 2. The third-order valence-electron chi connectivity index (χ3n) is 9.12. The second kappa shape index (κ2) is 34.2. The number of nitrogens with zero attached hydrogens (tertiary/aromatic N) is 1. The van der Waals surface area contributed by atoms with Gasteiger partial charge in [-0.2, -0.15) is 0 Å². The van der Waals surface area contributed by atoms with Crippen LogP contribution in [0.2, 0.25) is 0 Å². The van der Waals surface area contributed by atoms with Crippen molar-refractivity contribution in [3.05, 3.63) is 0 Å². The van der Waals surface area contributed by atoms with E-state index in [4.69, 9.17) is 14.6 Å². The van der Waals surface area contributed by atoms with Gasteiger partial charge in [0.05, 0.1) is 6.61 Å². The summed E-state index contributed by atoms with van der Waals surface area (Å²) in [7, 11) is 2.04. The zero-order chi connectivity index (χ0) is 33.2. The van der Waals surface area contributed by atoms with Gasteiger partial charge in [0.2, 0.25) is 0 Å². The zero-order valence-electron chi connectivity index (χ0n) is 30.6. The Morgan fingerprint density at radius 3 is 1.62 bits per heavy atom. The minimum absolute atomic E-state index is 0.0168. The number of rotatable bonds is 35. The molecule has 0 radical (unpaired) electrons. The molecule has 0 aromatic rings. The van der Waals surface area contributed by atoms with Gasteiger partial charge < -0.3 is 19.5 Å². The molecule has 0 aromatic heterocycles. The van der Waals surface area contributed by atoms with Crippen molar-refractivity contribution < 1.29 is 24.2 Å². The SMILES string of the molecule is CCCCCCCCCC(CCCCCCCCC(=O)OCC(CCCC)CCCCCC)OC(=O)CCCN(C)CCCO. The summed E-state index contributed by atoms with van der Waals surface area (Å²) in [6.45, 7) is 9.26. The largest absolute Gasteiger partial charge is 0.465 e. The van der Waals surface area contributed by atoms with Crippen molar-refractivity contribution in [2.24, 2.45) is 5.92 Å². The molecule has 0 fully saturated rings. The van der Waals surface area contributed by atoms with Crippen LogP contribution in [0.15, 0.2) is 0 Å². The van der Waals surface area contributed by atoms with Crippen LogP contribution < -0.4 is 0 Å². The molecule has 0 spiro atoms. The molecule has 6 heteroatoms. The molecule has 0 heterocycles. The summed E-state index contributed by atoms with van der Waals surface area (Å²) >= 11 is 0. The molecule has 45 heavy (non-hydrogen) atoms. The van der Waals surface area contributed by atoms with E-state index in [1.165, 1.54) is 96.3 Å². The van der Waals surface area contributed by atoms with Crippen LogP contribution in [0.25, 0.3) is 0 Å². The van der Waals surface area contributed by atoms with Gasteiger partial charge in [0.15, 0.2) is 0 Å². The summed E-state index contributed by atoms with van der Waals surface area (Å²) in [5.41, 5.74) is 0. The summed E-state index contributed by atoms with van der Waals surface area (Å²) in [5, 5.41) is 9.00. The lowest BCUT2D eigenvalue weighted by Crippen LogP contribution is -2.23. The first kappa shape index (κ1) is 43.9. The van der Waals surface area contributed by atoms with Crippen molar-refractivity contribution in [2.45, 2.75) is 200 Å². The molecule has 268 valence electrons. The van der Waals surface area contributed by atoms with Crippen LogP contribution in [-0.2, 0) is 19.1 Å². The van der Waals surface area contributed by atoms with E-state index in [2.05, 4.69) is 25.7 Å². The van der Waals surface area contributed by atoms with Crippen molar-refractivity contribution in [2.75, 3.05) is 33.4 Å². The van der Waals surface area contributed by atoms with Crippen LogP contribution in [-0.4, -0.2) is 61.4 Å². The fourth-order valence-electron chi connectivity index (χ4n) is 6.08. The van der Waals surface area contributed by atoms with Crippen molar-refractivity contribution >= 4 is 11.9 Å². The molecule has 6 nitrogen and oxygen atoms in total. The van der Waals surface area contributed by atoms with Gasteiger partial charge in [-0.25, -0.2) is 0 Å². The van der Waals surface area contributed by atoms with Crippen molar-refractivity contribution in [1.29, 1.82) is 0 Å². The Morgan fingerprint density at radius 1 is 0.556 bits per heavy atom. The van der Waals surface area contributed by atoms with Gasteiger partial charge in [-0.15, -0.1) is 0 Å². The van der Waals surface area contributed by atoms with E-state index in [9.17, 15) is 9.59 Å². The second-order valence-electron chi connectivity index (χ2n) is 13.7. The van der Waals surface area contributed by atoms with E-state index in [0.29, 0.717) is 25.4 Å². The van der Waals surface area contributed by atoms with Crippen LogP contribution >= 0.6 is 0 Å². The van der Waals surface area contributed by atoms with E-state index in [1.807, 2.05) is 7.05 Å². The Balaban J connectivity index is 4.23. The number of ether oxygens (including phenoxy) is 2. The number of aliphatic hydroxyl groups excluding tert-OH is 1. The minimum Gasteiger partial charge on any atom is -0.465 e. The molecule has 2 unspecified atom stereocenters. The average Bonchev–Trinajstić information content (AvgIpc) is 3.03. The van der Waals surface area contributed by atoms with Crippen molar-refractivity contribution in [3.8, 4) is 0 Å². The maximum atomic E-state index is 12.6. The van der Waals surface area contributed by atoms with Gasteiger partial charge in [0, 0.05) is 26.0 Å². The summed E-state index contributed by atoms with van der Waals surface area (Å²) < 4.78 is 11.7. The Morgan fingerprint density at radius 2 is 1.02 bits per heavy atom. The Bertz CT molecular complexity index is 643. The number of esters is 2. The minimum atomic E-state index is -0.0569. The second-order valence-corrected chi connectivity index (χ2v) is 13.7. The molecule has 0 aliphatic rings. The van der Waals surface area contributed by atoms with Gasteiger partial charge in [0.25, 0.3) is 0 Å². The number of hydrogen-bond acceptors (Lipinski definition) is 6. The quantitative estimate of drug-likeness (QED) is 0.0549. The smallest absolute Gasteiger partial charge is 0.306 e. The lowest BCUT2D eigenvalue weighted by molar-refractivity contribution is -0.150. The van der Waals surface area contributed by atoms with Crippen molar-refractivity contribution in [1.82, 2.24) is 4.90 Å². The number of carbonyl (C=O) groups excluding carboxylic acids is 2. The lowest BCUT2D eigenvalue weighted by Gasteiger charge is -2.19. The number of unbranched alkanes of at least 4 members (excludes halogenated alkanes) is 15. The highest BCUT2D eigenvalue weighted by atomic mass is 16.5. The summed E-state index contributed by atoms with van der Waals surface area (Å²) in [5.74, 6) is 0.458. The molecular weight excluding hydrogens is 562 g/mol. The van der Waals surface area contributed by atoms with Crippen LogP contribution in [0.3, 0.4) is 0 Å². The fourth-order valence-corrected chi connectivity index (χ4v) is 6.08. The van der Waals surface area contributed by atoms with Crippen molar-refractivity contribution in [3.63, 3.8) is 0 Å². The van der Waals surface area contributed by atoms with E-state index in [1.54, 1.807) is 0 Å². The molecule has 0 aliphatic heterocycles. The highest BCUT2D eigenvalue weighted by Crippen LogP contribution is 2.20. The summed E-state index contributed by atoms with van der Waals surface area (Å²) in [6, 6.07) is 0.